The molecule has 1 aromatic rings. The molecule has 1 N–H and O–H groups in total. The lowest BCUT2D eigenvalue weighted by Crippen LogP contribution is -2.44. The third-order valence-electron chi connectivity index (χ3n) is 3.53. The molecule has 0 spiro atoms. The topological polar surface area (TPSA) is 30.5 Å². The van der Waals surface area contributed by atoms with Crippen LogP contribution in [0.5, 0.6) is 5.75 Å². The van der Waals surface area contributed by atoms with Gasteiger partial charge in [-0.25, -0.2) is 0 Å². The predicted molar refractivity (Wildman–Crippen MR) is 67.7 cm³/mol. The van der Waals surface area contributed by atoms with Crippen LogP contribution in [0.15, 0.2) is 18.2 Å². The molecule has 1 fully saturated rings. The Balaban J connectivity index is 1.74. The summed E-state index contributed by atoms with van der Waals surface area (Å²) in [4.78, 5) is 0. The van der Waals surface area contributed by atoms with Crippen molar-refractivity contribution >= 4 is 5.69 Å². The molecule has 0 unspecified atom stereocenters. The highest BCUT2D eigenvalue weighted by Crippen LogP contribution is 2.33. The van der Waals surface area contributed by atoms with Crippen LogP contribution < -0.4 is 10.1 Å². The zero-order valence-electron chi connectivity index (χ0n) is 10.3. The van der Waals surface area contributed by atoms with Gasteiger partial charge >= 0.3 is 0 Å². The largest absolute Gasteiger partial charge is 0.492 e. The Morgan fingerprint density at radius 1 is 1.41 bits per heavy atom. The summed E-state index contributed by atoms with van der Waals surface area (Å²) < 4.78 is 11.2. The summed E-state index contributed by atoms with van der Waals surface area (Å²) in [5.74, 6) is 1.04. The fraction of sp³-hybridized carbons (Fsp3) is 0.571. The molecule has 2 aliphatic heterocycles. The van der Waals surface area contributed by atoms with E-state index in [0.717, 1.165) is 38.5 Å². The van der Waals surface area contributed by atoms with Crippen LogP contribution in [0, 0.1) is 5.41 Å². The van der Waals surface area contributed by atoms with E-state index in [0.29, 0.717) is 0 Å². The Kier molecular flexibility index (Phi) is 2.71. The molecule has 0 bridgehead atoms. The molecular weight excluding hydrogens is 214 g/mol. The molecule has 3 rings (SSSR count). The van der Waals surface area contributed by atoms with Crippen molar-refractivity contribution in [2.24, 2.45) is 5.41 Å². The van der Waals surface area contributed by atoms with Gasteiger partial charge in [-0.3, -0.25) is 0 Å². The molecule has 0 aliphatic carbocycles. The molecule has 0 amide bonds. The van der Waals surface area contributed by atoms with Crippen molar-refractivity contribution in [1.82, 2.24) is 0 Å². The van der Waals surface area contributed by atoms with Gasteiger partial charge in [0.15, 0.2) is 0 Å². The van der Waals surface area contributed by atoms with Crippen LogP contribution in [0.2, 0.25) is 0 Å². The fourth-order valence-corrected chi connectivity index (χ4v) is 2.40. The highest BCUT2D eigenvalue weighted by atomic mass is 16.5. The van der Waals surface area contributed by atoms with Crippen LogP contribution in [-0.4, -0.2) is 26.4 Å². The maximum absolute atomic E-state index is 5.99. The van der Waals surface area contributed by atoms with Gasteiger partial charge in [-0.2, -0.15) is 0 Å². The number of benzene rings is 1. The maximum Gasteiger partial charge on any atom is 0.124 e. The molecule has 0 radical (unpaired) electrons. The quantitative estimate of drug-likeness (QED) is 0.870. The Morgan fingerprint density at radius 3 is 3.06 bits per heavy atom. The fourth-order valence-electron chi connectivity index (χ4n) is 2.40. The maximum atomic E-state index is 5.99. The molecule has 92 valence electrons. The predicted octanol–water partition coefficient (Wildman–Crippen LogP) is 2.46. The summed E-state index contributed by atoms with van der Waals surface area (Å²) >= 11 is 0. The Labute approximate surface area is 102 Å². The molecule has 2 aliphatic rings. The smallest absolute Gasteiger partial charge is 0.124 e. The number of fused-ring (bicyclic) bond motifs is 1. The number of nitrogens with one attached hydrogen (secondary N) is 1. The van der Waals surface area contributed by atoms with Crippen molar-refractivity contribution in [1.29, 1.82) is 0 Å². The van der Waals surface area contributed by atoms with Crippen molar-refractivity contribution < 1.29 is 9.47 Å². The Hall–Kier alpha value is -1.22. The lowest BCUT2D eigenvalue weighted by atomic mass is 9.90. The summed E-state index contributed by atoms with van der Waals surface area (Å²) in [6, 6.07) is 6.27. The van der Waals surface area contributed by atoms with E-state index in [1.807, 2.05) is 0 Å². The molecular formula is C14H19NO2. The van der Waals surface area contributed by atoms with Crippen LogP contribution in [0.4, 0.5) is 5.69 Å². The minimum absolute atomic E-state index is 0.213. The van der Waals surface area contributed by atoms with Crippen molar-refractivity contribution in [3.05, 3.63) is 23.8 Å². The number of ether oxygens (including phenoxy) is 2. The van der Waals surface area contributed by atoms with E-state index in [-0.39, 0.29) is 5.41 Å². The van der Waals surface area contributed by atoms with Gasteiger partial charge in [-0.1, -0.05) is 13.0 Å². The minimum atomic E-state index is 0.213. The average Bonchev–Trinajstić information content (AvgIpc) is 2.34. The molecule has 1 saturated heterocycles. The molecule has 2 heterocycles. The third-order valence-corrected chi connectivity index (χ3v) is 3.53. The second-order valence-corrected chi connectivity index (χ2v) is 5.40. The van der Waals surface area contributed by atoms with Gasteiger partial charge in [0, 0.05) is 23.2 Å². The molecule has 0 saturated carbocycles. The highest BCUT2D eigenvalue weighted by molar-refractivity contribution is 5.59. The first kappa shape index (κ1) is 10.9. The normalized spacial score (nSPS) is 21.0. The first-order valence-electron chi connectivity index (χ1n) is 6.33. The van der Waals surface area contributed by atoms with Gasteiger partial charge in [-0.15, -0.1) is 0 Å². The molecule has 1 aromatic carbocycles. The first-order chi connectivity index (χ1) is 8.27. The van der Waals surface area contributed by atoms with E-state index in [1.54, 1.807) is 0 Å². The molecule has 0 atom stereocenters. The second-order valence-electron chi connectivity index (χ2n) is 5.40. The van der Waals surface area contributed by atoms with E-state index in [9.17, 15) is 0 Å². The van der Waals surface area contributed by atoms with E-state index in [2.05, 4.69) is 30.4 Å². The van der Waals surface area contributed by atoms with Gasteiger partial charge < -0.3 is 14.8 Å². The number of anilines is 1. The standard InChI is InChI=1S/C14H19NO2/c1-14(8-16-9-14)10-17-13-6-2-5-12-11(13)4-3-7-15-12/h2,5-6,15H,3-4,7-10H2,1H3. The van der Waals surface area contributed by atoms with Crippen molar-refractivity contribution in [3.8, 4) is 5.75 Å². The van der Waals surface area contributed by atoms with Crippen molar-refractivity contribution in [3.63, 3.8) is 0 Å². The van der Waals surface area contributed by atoms with Gasteiger partial charge in [0.05, 0.1) is 19.8 Å². The zero-order chi connectivity index (χ0) is 11.7. The SMILES string of the molecule is CC1(COc2cccc3c2CCCN3)COC1. The summed E-state index contributed by atoms with van der Waals surface area (Å²) in [6.45, 7) is 5.68. The third kappa shape index (κ3) is 2.12. The zero-order valence-corrected chi connectivity index (χ0v) is 10.3. The summed E-state index contributed by atoms with van der Waals surface area (Å²) in [5, 5.41) is 3.42. The highest BCUT2D eigenvalue weighted by Gasteiger charge is 2.34. The van der Waals surface area contributed by atoms with Crippen molar-refractivity contribution in [2.75, 3.05) is 31.7 Å². The first-order valence-corrected chi connectivity index (χ1v) is 6.33. The number of hydrogen-bond donors (Lipinski definition) is 1. The molecule has 17 heavy (non-hydrogen) atoms. The van der Waals surface area contributed by atoms with Crippen LogP contribution in [-0.2, 0) is 11.2 Å². The Morgan fingerprint density at radius 2 is 2.29 bits per heavy atom. The monoisotopic (exact) mass is 233 g/mol. The molecule has 0 aromatic heterocycles. The van der Waals surface area contributed by atoms with Gasteiger partial charge in [-0.05, 0) is 25.0 Å². The Bertz CT molecular complexity index is 413. The average molecular weight is 233 g/mol. The van der Waals surface area contributed by atoms with Crippen LogP contribution in [0.1, 0.15) is 18.9 Å². The minimum Gasteiger partial charge on any atom is -0.492 e. The van der Waals surface area contributed by atoms with Gasteiger partial charge in [0.1, 0.15) is 5.75 Å². The van der Waals surface area contributed by atoms with Crippen molar-refractivity contribution in [2.45, 2.75) is 19.8 Å². The lowest BCUT2D eigenvalue weighted by Gasteiger charge is -2.37. The number of hydrogen-bond acceptors (Lipinski definition) is 3. The van der Waals surface area contributed by atoms with E-state index >= 15 is 0 Å². The summed E-state index contributed by atoms with van der Waals surface area (Å²) in [5.41, 5.74) is 2.79. The molecule has 3 nitrogen and oxygen atoms in total. The summed E-state index contributed by atoms with van der Waals surface area (Å²) in [6.07, 6.45) is 2.31. The van der Waals surface area contributed by atoms with Gasteiger partial charge in [0.2, 0.25) is 0 Å². The lowest BCUT2D eigenvalue weighted by molar-refractivity contribution is -0.120. The van der Waals surface area contributed by atoms with Crippen LogP contribution >= 0.6 is 0 Å². The van der Waals surface area contributed by atoms with Gasteiger partial charge in [0.25, 0.3) is 0 Å². The van der Waals surface area contributed by atoms with Crippen LogP contribution in [0.25, 0.3) is 0 Å². The summed E-state index contributed by atoms with van der Waals surface area (Å²) in [7, 11) is 0. The van der Waals surface area contributed by atoms with E-state index in [1.165, 1.54) is 17.7 Å². The second kappa shape index (κ2) is 4.22. The van der Waals surface area contributed by atoms with Crippen LogP contribution in [0.3, 0.4) is 0 Å². The molecule has 3 heteroatoms. The van der Waals surface area contributed by atoms with E-state index < -0.39 is 0 Å². The van der Waals surface area contributed by atoms with E-state index in [4.69, 9.17) is 9.47 Å². The number of rotatable bonds is 3.